The van der Waals surface area contributed by atoms with E-state index >= 15 is 0 Å². The molecule has 24 heavy (non-hydrogen) atoms. The molecule has 1 aliphatic rings. The Balaban J connectivity index is 0.00000208. The van der Waals surface area contributed by atoms with Crippen LogP contribution >= 0.6 is 35.3 Å². The zero-order valence-corrected chi connectivity index (χ0v) is 17.1. The van der Waals surface area contributed by atoms with Crippen LogP contribution in [0.2, 0.25) is 0 Å². The molecule has 3 rings (SSSR count). The smallest absolute Gasteiger partial charge is 0.191 e. The number of methoxy groups -OCH3 is 1. The van der Waals surface area contributed by atoms with Crippen LogP contribution in [-0.2, 0) is 6.54 Å². The Morgan fingerprint density at radius 3 is 2.54 bits per heavy atom. The lowest BCUT2D eigenvalue weighted by Crippen LogP contribution is -2.40. The van der Waals surface area contributed by atoms with Crippen molar-refractivity contribution in [2.45, 2.75) is 25.8 Å². The van der Waals surface area contributed by atoms with Gasteiger partial charge in [-0.05, 0) is 54.0 Å². The van der Waals surface area contributed by atoms with E-state index in [1.54, 1.807) is 18.4 Å². The van der Waals surface area contributed by atoms with Crippen LogP contribution in [0.3, 0.4) is 0 Å². The third kappa shape index (κ3) is 4.86. The summed E-state index contributed by atoms with van der Waals surface area (Å²) in [5, 5.41) is 2.17. The van der Waals surface area contributed by atoms with Crippen LogP contribution in [0.4, 0.5) is 0 Å². The number of likely N-dealkylation sites (tertiary alicyclic amines) is 1. The number of rotatable bonds is 4. The monoisotopic (exact) mass is 457 g/mol. The van der Waals surface area contributed by atoms with Crippen molar-refractivity contribution in [2.24, 2.45) is 10.7 Å². The van der Waals surface area contributed by atoms with Gasteiger partial charge in [0.25, 0.3) is 0 Å². The van der Waals surface area contributed by atoms with E-state index in [0.717, 1.165) is 18.8 Å². The molecule has 1 fully saturated rings. The highest BCUT2D eigenvalue weighted by Crippen LogP contribution is 2.27. The van der Waals surface area contributed by atoms with Crippen molar-refractivity contribution in [2.75, 3.05) is 20.2 Å². The first kappa shape index (κ1) is 19.1. The summed E-state index contributed by atoms with van der Waals surface area (Å²) in [4.78, 5) is 7.99. The summed E-state index contributed by atoms with van der Waals surface area (Å²) in [5.74, 6) is 1.56. The van der Waals surface area contributed by atoms with Gasteiger partial charge in [-0.25, -0.2) is 4.99 Å². The van der Waals surface area contributed by atoms with Crippen LogP contribution in [0.25, 0.3) is 11.1 Å². The van der Waals surface area contributed by atoms with Crippen molar-refractivity contribution in [3.05, 3.63) is 40.6 Å². The number of halogens is 1. The second-order valence-corrected chi connectivity index (χ2v) is 6.75. The molecule has 0 bridgehead atoms. The molecule has 2 heterocycles. The van der Waals surface area contributed by atoms with Crippen LogP contribution in [-0.4, -0.2) is 31.1 Å². The maximum Gasteiger partial charge on any atom is 0.191 e. The van der Waals surface area contributed by atoms with Crippen molar-refractivity contribution in [3.63, 3.8) is 0 Å². The summed E-state index contributed by atoms with van der Waals surface area (Å²) in [6.07, 6.45) is 3.74. The Morgan fingerprint density at radius 2 is 1.88 bits per heavy atom. The minimum atomic E-state index is 0. The molecule has 1 aromatic carbocycles. The van der Waals surface area contributed by atoms with Crippen molar-refractivity contribution >= 4 is 41.3 Å². The second kappa shape index (κ2) is 9.27. The summed E-state index contributed by atoms with van der Waals surface area (Å²) in [7, 11) is 1.68. The number of thiophene rings is 1. The summed E-state index contributed by atoms with van der Waals surface area (Å²) in [6, 6.07) is 10.3. The zero-order chi connectivity index (χ0) is 16.1. The Morgan fingerprint density at radius 1 is 1.17 bits per heavy atom. The molecule has 1 aromatic heterocycles. The van der Waals surface area contributed by atoms with E-state index in [9.17, 15) is 0 Å². The topological polar surface area (TPSA) is 50.9 Å². The highest BCUT2D eigenvalue weighted by molar-refractivity contribution is 14.0. The van der Waals surface area contributed by atoms with Gasteiger partial charge in [0.2, 0.25) is 0 Å². The Bertz CT molecular complexity index is 663. The summed E-state index contributed by atoms with van der Waals surface area (Å²) in [6.45, 7) is 2.73. The van der Waals surface area contributed by atoms with E-state index in [1.807, 2.05) is 12.1 Å². The first-order chi connectivity index (χ1) is 11.3. The van der Waals surface area contributed by atoms with Gasteiger partial charge in [-0.1, -0.05) is 12.1 Å². The largest absolute Gasteiger partial charge is 0.497 e. The molecule has 0 amide bonds. The van der Waals surface area contributed by atoms with Crippen LogP contribution < -0.4 is 10.5 Å². The molecule has 2 N–H and O–H groups in total. The fourth-order valence-corrected chi connectivity index (χ4v) is 3.60. The normalized spacial score (nSPS) is 15.0. The number of aliphatic imine (C=N–C) groups is 1. The molecule has 0 aliphatic carbocycles. The van der Waals surface area contributed by atoms with E-state index in [0.29, 0.717) is 12.5 Å². The van der Waals surface area contributed by atoms with Gasteiger partial charge < -0.3 is 15.4 Å². The molecular formula is C18H24IN3OS. The highest BCUT2D eigenvalue weighted by Gasteiger charge is 2.11. The highest BCUT2D eigenvalue weighted by atomic mass is 127. The van der Waals surface area contributed by atoms with Gasteiger partial charge in [-0.3, -0.25) is 0 Å². The first-order valence-corrected chi connectivity index (χ1v) is 8.91. The minimum Gasteiger partial charge on any atom is -0.497 e. The molecule has 4 nitrogen and oxygen atoms in total. The van der Waals surface area contributed by atoms with Gasteiger partial charge >= 0.3 is 0 Å². The lowest BCUT2D eigenvalue weighted by atomic mass is 10.1. The first-order valence-electron chi connectivity index (χ1n) is 8.03. The summed E-state index contributed by atoms with van der Waals surface area (Å²) < 4.78 is 5.20. The van der Waals surface area contributed by atoms with Crippen LogP contribution in [0.15, 0.2) is 40.7 Å². The standard InChI is InChI=1S/C18H23N3OS.HI/c1-22-16-7-5-14(6-8-16)15-11-17(23-13-15)12-20-18(19)21-9-3-2-4-10-21;/h5-8,11,13H,2-4,9-10,12H2,1H3,(H2,19,20);1H. The number of benzene rings is 1. The second-order valence-electron chi connectivity index (χ2n) is 5.75. The number of piperidine rings is 1. The number of ether oxygens (including phenoxy) is 1. The van der Waals surface area contributed by atoms with E-state index in [4.69, 9.17) is 10.5 Å². The van der Waals surface area contributed by atoms with Gasteiger partial charge in [0, 0.05) is 18.0 Å². The van der Waals surface area contributed by atoms with Crippen molar-refractivity contribution in [1.29, 1.82) is 0 Å². The predicted octanol–water partition coefficient (Wildman–Crippen LogP) is 4.34. The van der Waals surface area contributed by atoms with Crippen LogP contribution in [0.1, 0.15) is 24.1 Å². The molecule has 6 heteroatoms. The zero-order valence-electron chi connectivity index (χ0n) is 13.9. The number of guanidine groups is 1. The molecule has 0 unspecified atom stereocenters. The molecule has 130 valence electrons. The molecule has 1 aliphatic heterocycles. The van der Waals surface area contributed by atoms with Crippen LogP contribution in [0.5, 0.6) is 5.75 Å². The molecule has 0 atom stereocenters. The molecule has 0 radical (unpaired) electrons. The quantitative estimate of drug-likeness (QED) is 0.422. The fourth-order valence-electron chi connectivity index (χ4n) is 2.78. The maximum absolute atomic E-state index is 6.11. The van der Waals surface area contributed by atoms with Gasteiger partial charge in [-0.2, -0.15) is 0 Å². The maximum atomic E-state index is 6.11. The van der Waals surface area contributed by atoms with E-state index in [1.165, 1.54) is 35.3 Å². The molecular weight excluding hydrogens is 433 g/mol. The molecule has 2 aromatic rings. The average molecular weight is 457 g/mol. The van der Waals surface area contributed by atoms with Gasteiger partial charge in [0.1, 0.15) is 5.75 Å². The van der Waals surface area contributed by atoms with E-state index < -0.39 is 0 Å². The van der Waals surface area contributed by atoms with Crippen LogP contribution in [0, 0.1) is 0 Å². The van der Waals surface area contributed by atoms with Gasteiger partial charge in [-0.15, -0.1) is 35.3 Å². The van der Waals surface area contributed by atoms with E-state index in [2.05, 4.69) is 33.5 Å². The number of nitrogens with two attached hydrogens (primary N) is 1. The third-order valence-electron chi connectivity index (χ3n) is 4.15. The molecule has 0 spiro atoms. The van der Waals surface area contributed by atoms with Crippen molar-refractivity contribution < 1.29 is 4.74 Å². The van der Waals surface area contributed by atoms with Crippen molar-refractivity contribution in [1.82, 2.24) is 4.90 Å². The minimum absolute atomic E-state index is 0. The predicted molar refractivity (Wildman–Crippen MR) is 112 cm³/mol. The summed E-state index contributed by atoms with van der Waals surface area (Å²) in [5.41, 5.74) is 8.53. The lowest BCUT2D eigenvalue weighted by molar-refractivity contribution is 0.338. The number of hydrogen-bond acceptors (Lipinski definition) is 3. The summed E-state index contributed by atoms with van der Waals surface area (Å²) >= 11 is 1.73. The Labute approximate surface area is 164 Å². The lowest BCUT2D eigenvalue weighted by Gasteiger charge is -2.27. The Hall–Kier alpha value is -1.28. The fraction of sp³-hybridized carbons (Fsp3) is 0.389. The average Bonchev–Trinajstić information content (AvgIpc) is 3.09. The molecule has 1 saturated heterocycles. The SMILES string of the molecule is COc1ccc(-c2csc(CN=C(N)N3CCCCC3)c2)cc1.I. The van der Waals surface area contributed by atoms with Gasteiger partial charge in [0.15, 0.2) is 5.96 Å². The van der Waals surface area contributed by atoms with E-state index in [-0.39, 0.29) is 24.0 Å². The number of hydrogen-bond donors (Lipinski definition) is 1. The Kier molecular flexibility index (Phi) is 7.36. The third-order valence-corrected chi connectivity index (χ3v) is 5.08. The van der Waals surface area contributed by atoms with Gasteiger partial charge in [0.05, 0.1) is 13.7 Å². The number of nitrogens with zero attached hydrogens (tertiary/aromatic N) is 2. The molecule has 0 saturated carbocycles. The van der Waals surface area contributed by atoms with Crippen molar-refractivity contribution in [3.8, 4) is 16.9 Å².